The normalized spacial score (nSPS) is 10.9. The first-order valence-electron chi connectivity index (χ1n) is 11.3. The number of rotatable bonds is 11. The Balaban J connectivity index is 1.75. The fourth-order valence-corrected chi connectivity index (χ4v) is 3.88. The first-order chi connectivity index (χ1) is 16.0. The standard InChI is InChI=1S/C26H34N4O3/c1-28(2)26(32)30(15-9-17-33-3)20-25(31)29(19-21-10-5-4-6-11-21)16-14-22-18-27-24-13-8-7-12-23(22)24/h4-8,10-13,18,27H,9,14-17,19-20H2,1-3H3. The van der Waals surface area contributed by atoms with Crippen LogP contribution in [0.3, 0.4) is 0 Å². The number of hydrogen-bond acceptors (Lipinski definition) is 3. The third-order valence-corrected chi connectivity index (χ3v) is 5.65. The molecule has 0 spiro atoms. The van der Waals surface area contributed by atoms with Gasteiger partial charge in [-0.2, -0.15) is 0 Å². The molecule has 33 heavy (non-hydrogen) atoms. The minimum Gasteiger partial charge on any atom is -0.385 e. The van der Waals surface area contributed by atoms with E-state index in [1.165, 1.54) is 15.8 Å². The fraction of sp³-hybridized carbons (Fsp3) is 0.385. The van der Waals surface area contributed by atoms with Gasteiger partial charge in [-0.1, -0.05) is 48.5 Å². The maximum absolute atomic E-state index is 13.4. The molecular weight excluding hydrogens is 416 g/mol. The number of benzene rings is 2. The Labute approximate surface area is 195 Å². The van der Waals surface area contributed by atoms with Crippen LogP contribution in [-0.2, 0) is 22.5 Å². The molecule has 7 nitrogen and oxygen atoms in total. The third-order valence-electron chi connectivity index (χ3n) is 5.65. The number of para-hydroxylation sites is 1. The summed E-state index contributed by atoms with van der Waals surface area (Å²) in [7, 11) is 5.04. The van der Waals surface area contributed by atoms with Crippen molar-refractivity contribution in [1.82, 2.24) is 19.7 Å². The monoisotopic (exact) mass is 450 g/mol. The summed E-state index contributed by atoms with van der Waals surface area (Å²) in [5, 5.41) is 1.17. The van der Waals surface area contributed by atoms with Crippen molar-refractivity contribution in [3.8, 4) is 0 Å². The first kappa shape index (κ1) is 24.3. The van der Waals surface area contributed by atoms with E-state index in [1.807, 2.05) is 53.6 Å². The number of methoxy groups -OCH3 is 1. The maximum atomic E-state index is 13.4. The zero-order chi connectivity index (χ0) is 23.6. The molecule has 3 rings (SSSR count). The number of fused-ring (bicyclic) bond motifs is 1. The number of nitrogens with zero attached hydrogens (tertiary/aromatic N) is 3. The maximum Gasteiger partial charge on any atom is 0.319 e. The summed E-state index contributed by atoms with van der Waals surface area (Å²) < 4.78 is 5.13. The number of nitrogens with one attached hydrogen (secondary N) is 1. The van der Waals surface area contributed by atoms with Crippen molar-refractivity contribution >= 4 is 22.8 Å². The summed E-state index contributed by atoms with van der Waals surface area (Å²) in [6, 6.07) is 18.0. The van der Waals surface area contributed by atoms with Gasteiger partial charge in [0.15, 0.2) is 0 Å². The summed E-state index contributed by atoms with van der Waals surface area (Å²) in [6.07, 6.45) is 3.42. The number of hydrogen-bond donors (Lipinski definition) is 1. The quantitative estimate of drug-likeness (QED) is 0.452. The highest BCUT2D eigenvalue weighted by molar-refractivity contribution is 5.85. The molecule has 3 amide bonds. The van der Waals surface area contributed by atoms with Gasteiger partial charge in [-0.25, -0.2) is 4.79 Å². The van der Waals surface area contributed by atoms with Crippen LogP contribution >= 0.6 is 0 Å². The van der Waals surface area contributed by atoms with E-state index in [0.717, 1.165) is 17.5 Å². The molecule has 0 saturated heterocycles. The topological polar surface area (TPSA) is 68.9 Å². The fourth-order valence-electron chi connectivity index (χ4n) is 3.88. The molecule has 1 N–H and O–H groups in total. The Hall–Kier alpha value is -3.32. The minimum atomic E-state index is -0.171. The second-order valence-electron chi connectivity index (χ2n) is 8.36. The predicted octanol–water partition coefficient (Wildman–Crippen LogP) is 3.76. The molecule has 3 aromatic rings. The van der Waals surface area contributed by atoms with Gasteiger partial charge in [0, 0.05) is 64.5 Å². The van der Waals surface area contributed by atoms with Gasteiger partial charge in [0.25, 0.3) is 0 Å². The lowest BCUT2D eigenvalue weighted by Gasteiger charge is -2.29. The van der Waals surface area contributed by atoms with E-state index in [-0.39, 0.29) is 18.5 Å². The third kappa shape index (κ3) is 6.83. The van der Waals surface area contributed by atoms with Crippen LogP contribution in [0, 0.1) is 0 Å². The number of carbonyl (C=O) groups excluding carboxylic acids is 2. The van der Waals surface area contributed by atoms with E-state index in [0.29, 0.717) is 32.7 Å². The van der Waals surface area contributed by atoms with Crippen LogP contribution in [0.1, 0.15) is 17.5 Å². The Morgan fingerprint density at radius 3 is 2.39 bits per heavy atom. The molecule has 0 aliphatic heterocycles. The lowest BCUT2D eigenvalue weighted by Crippen LogP contribution is -2.47. The van der Waals surface area contributed by atoms with E-state index < -0.39 is 0 Å². The summed E-state index contributed by atoms with van der Waals surface area (Å²) in [6.45, 7) is 2.13. The molecule has 1 aromatic heterocycles. The molecule has 7 heteroatoms. The van der Waals surface area contributed by atoms with Gasteiger partial charge in [0.05, 0.1) is 0 Å². The highest BCUT2D eigenvalue weighted by Gasteiger charge is 2.22. The van der Waals surface area contributed by atoms with Gasteiger partial charge >= 0.3 is 6.03 Å². The second-order valence-corrected chi connectivity index (χ2v) is 8.36. The van der Waals surface area contributed by atoms with Crippen LogP contribution in [0.4, 0.5) is 4.79 Å². The highest BCUT2D eigenvalue weighted by atomic mass is 16.5. The van der Waals surface area contributed by atoms with Gasteiger partial charge < -0.3 is 24.4 Å². The van der Waals surface area contributed by atoms with Crippen molar-refractivity contribution < 1.29 is 14.3 Å². The van der Waals surface area contributed by atoms with Gasteiger partial charge in [0.2, 0.25) is 5.91 Å². The number of H-pyrrole nitrogens is 1. The van der Waals surface area contributed by atoms with Crippen LogP contribution in [0.2, 0.25) is 0 Å². The van der Waals surface area contributed by atoms with E-state index in [9.17, 15) is 9.59 Å². The zero-order valence-corrected chi connectivity index (χ0v) is 19.8. The SMILES string of the molecule is COCCCN(CC(=O)N(CCc1c[nH]c2ccccc12)Cc1ccccc1)C(=O)N(C)C. The lowest BCUT2D eigenvalue weighted by molar-refractivity contribution is -0.132. The highest BCUT2D eigenvalue weighted by Crippen LogP contribution is 2.19. The van der Waals surface area contributed by atoms with E-state index in [4.69, 9.17) is 4.74 Å². The van der Waals surface area contributed by atoms with Crippen molar-refractivity contribution in [2.45, 2.75) is 19.4 Å². The Morgan fingerprint density at radius 2 is 1.67 bits per heavy atom. The van der Waals surface area contributed by atoms with Crippen LogP contribution < -0.4 is 0 Å². The van der Waals surface area contributed by atoms with E-state index in [1.54, 1.807) is 26.1 Å². The van der Waals surface area contributed by atoms with Gasteiger partial charge in [-0.15, -0.1) is 0 Å². The molecule has 0 atom stereocenters. The van der Waals surface area contributed by atoms with Gasteiger partial charge in [0.1, 0.15) is 6.54 Å². The summed E-state index contributed by atoms with van der Waals surface area (Å²) in [4.78, 5) is 34.4. The second kappa shape index (κ2) is 12.1. The molecule has 2 aromatic carbocycles. The van der Waals surface area contributed by atoms with Crippen LogP contribution in [0.25, 0.3) is 10.9 Å². The Kier molecular flexibility index (Phi) is 8.89. The van der Waals surface area contributed by atoms with Crippen LogP contribution in [-0.4, -0.2) is 79.1 Å². The van der Waals surface area contributed by atoms with Crippen LogP contribution in [0.15, 0.2) is 60.8 Å². The minimum absolute atomic E-state index is 0.0431. The molecule has 1 heterocycles. The Bertz CT molecular complexity index is 1030. The van der Waals surface area contributed by atoms with E-state index >= 15 is 0 Å². The first-order valence-corrected chi connectivity index (χ1v) is 11.3. The molecule has 0 saturated carbocycles. The van der Waals surface area contributed by atoms with Crippen molar-refractivity contribution in [2.24, 2.45) is 0 Å². The number of aromatic amines is 1. The molecular formula is C26H34N4O3. The van der Waals surface area contributed by atoms with Crippen molar-refractivity contribution in [2.75, 3.05) is 47.4 Å². The van der Waals surface area contributed by atoms with Gasteiger partial charge in [-0.05, 0) is 30.0 Å². The number of aromatic nitrogens is 1. The Morgan fingerprint density at radius 1 is 0.939 bits per heavy atom. The summed E-state index contributed by atoms with van der Waals surface area (Å²) in [5.74, 6) is -0.0636. The average molecular weight is 451 g/mol. The van der Waals surface area contributed by atoms with E-state index in [2.05, 4.69) is 17.1 Å². The molecule has 0 aliphatic rings. The molecule has 0 fully saturated rings. The zero-order valence-electron chi connectivity index (χ0n) is 19.8. The number of urea groups is 1. The van der Waals surface area contributed by atoms with Crippen molar-refractivity contribution in [3.05, 3.63) is 71.9 Å². The molecule has 0 unspecified atom stereocenters. The molecule has 0 bridgehead atoms. The molecule has 0 aliphatic carbocycles. The smallest absolute Gasteiger partial charge is 0.319 e. The average Bonchev–Trinajstić information content (AvgIpc) is 3.24. The number of amides is 3. The van der Waals surface area contributed by atoms with Crippen LogP contribution in [0.5, 0.6) is 0 Å². The van der Waals surface area contributed by atoms with Gasteiger partial charge in [-0.3, -0.25) is 4.79 Å². The predicted molar refractivity (Wildman–Crippen MR) is 131 cm³/mol. The van der Waals surface area contributed by atoms with Crippen molar-refractivity contribution in [3.63, 3.8) is 0 Å². The summed E-state index contributed by atoms with van der Waals surface area (Å²) >= 11 is 0. The number of carbonyl (C=O) groups is 2. The van der Waals surface area contributed by atoms with Crippen molar-refractivity contribution in [1.29, 1.82) is 0 Å². The largest absolute Gasteiger partial charge is 0.385 e. The summed E-state index contributed by atoms with van der Waals surface area (Å²) in [5.41, 5.74) is 3.33. The number of ether oxygens (including phenoxy) is 1. The molecule has 176 valence electrons. The lowest BCUT2D eigenvalue weighted by atomic mass is 10.1. The molecule has 0 radical (unpaired) electrons.